The van der Waals surface area contributed by atoms with E-state index in [1.165, 1.54) is 32.6 Å². The summed E-state index contributed by atoms with van der Waals surface area (Å²) in [6.07, 6.45) is 6.03. The normalized spacial score (nSPS) is 10.4. The predicted molar refractivity (Wildman–Crippen MR) is 123 cm³/mol. The highest BCUT2D eigenvalue weighted by molar-refractivity contribution is 5.95. The van der Waals surface area contributed by atoms with E-state index in [9.17, 15) is 9.59 Å². The van der Waals surface area contributed by atoms with Gasteiger partial charge in [-0.3, -0.25) is 9.59 Å². The second kappa shape index (κ2) is 12.5. The Hall–Kier alpha value is -3.02. The fraction of sp³-hybridized carbons (Fsp3) is 0.417. The van der Waals surface area contributed by atoms with Crippen molar-refractivity contribution in [3.8, 4) is 5.75 Å². The molecular formula is C24H33N3O3. The van der Waals surface area contributed by atoms with Crippen molar-refractivity contribution in [2.24, 2.45) is 0 Å². The highest BCUT2D eigenvalue weighted by Crippen LogP contribution is 2.19. The number of benzene rings is 2. The van der Waals surface area contributed by atoms with Gasteiger partial charge in [0.15, 0.2) is 0 Å². The minimum atomic E-state index is -0.148. The largest absolute Gasteiger partial charge is 0.494 e. The number of carbonyl (C=O) groups is 2. The minimum Gasteiger partial charge on any atom is -0.494 e. The molecular weight excluding hydrogens is 378 g/mol. The lowest BCUT2D eigenvalue weighted by Gasteiger charge is -2.15. The maximum absolute atomic E-state index is 12.2. The molecule has 0 saturated heterocycles. The first kappa shape index (κ1) is 23.3. The lowest BCUT2D eigenvalue weighted by atomic mass is 10.2. The number of amides is 2. The van der Waals surface area contributed by atoms with Gasteiger partial charge in [0.1, 0.15) is 5.75 Å². The van der Waals surface area contributed by atoms with Crippen molar-refractivity contribution in [3.05, 3.63) is 48.5 Å². The van der Waals surface area contributed by atoms with Gasteiger partial charge < -0.3 is 20.3 Å². The number of carbonyl (C=O) groups excluding carboxylic acids is 2. The molecule has 0 aliphatic carbocycles. The second-order valence-electron chi connectivity index (χ2n) is 7.32. The van der Waals surface area contributed by atoms with Crippen LogP contribution < -0.4 is 20.3 Å². The van der Waals surface area contributed by atoms with Gasteiger partial charge in [0.25, 0.3) is 0 Å². The zero-order valence-electron chi connectivity index (χ0n) is 18.2. The van der Waals surface area contributed by atoms with E-state index in [1.807, 2.05) is 24.3 Å². The highest BCUT2D eigenvalue weighted by atomic mass is 16.5. The molecule has 30 heavy (non-hydrogen) atoms. The van der Waals surface area contributed by atoms with Crippen LogP contribution >= 0.6 is 0 Å². The lowest BCUT2D eigenvalue weighted by Crippen LogP contribution is -2.23. The monoisotopic (exact) mass is 411 g/mol. The van der Waals surface area contributed by atoms with Crippen LogP contribution in [0.5, 0.6) is 5.75 Å². The molecule has 0 radical (unpaired) electrons. The predicted octanol–water partition coefficient (Wildman–Crippen LogP) is 5.07. The Morgan fingerprint density at radius 2 is 1.70 bits per heavy atom. The van der Waals surface area contributed by atoms with Gasteiger partial charge in [-0.1, -0.05) is 38.7 Å². The third kappa shape index (κ3) is 8.15. The topological polar surface area (TPSA) is 70.7 Å². The van der Waals surface area contributed by atoms with E-state index in [4.69, 9.17) is 4.74 Å². The SMILES string of the molecule is CCCCCCCOc1cccc(NCC(=O)Nc2ccc(N(C)C(C)=O)cc2)c1. The highest BCUT2D eigenvalue weighted by Gasteiger charge is 2.07. The molecule has 0 atom stereocenters. The number of ether oxygens (including phenoxy) is 1. The summed E-state index contributed by atoms with van der Waals surface area (Å²) in [4.78, 5) is 25.2. The zero-order valence-corrected chi connectivity index (χ0v) is 18.2. The van der Waals surface area contributed by atoms with Gasteiger partial charge in [0.2, 0.25) is 11.8 Å². The molecule has 0 aromatic heterocycles. The average Bonchev–Trinajstić information content (AvgIpc) is 2.75. The number of unbranched alkanes of at least 4 members (excludes halogenated alkanes) is 4. The first-order chi connectivity index (χ1) is 14.5. The van der Waals surface area contributed by atoms with Crippen molar-refractivity contribution in [2.75, 3.05) is 35.7 Å². The lowest BCUT2D eigenvalue weighted by molar-refractivity contribution is -0.116. The Kier molecular flexibility index (Phi) is 9.71. The Bertz CT molecular complexity index is 806. The van der Waals surface area contributed by atoms with E-state index >= 15 is 0 Å². The maximum atomic E-state index is 12.2. The van der Waals surface area contributed by atoms with E-state index in [-0.39, 0.29) is 18.4 Å². The van der Waals surface area contributed by atoms with Gasteiger partial charge in [-0.05, 0) is 42.8 Å². The molecule has 0 fully saturated rings. The van der Waals surface area contributed by atoms with E-state index in [2.05, 4.69) is 17.6 Å². The summed E-state index contributed by atoms with van der Waals surface area (Å²) in [5, 5.41) is 5.97. The van der Waals surface area contributed by atoms with Gasteiger partial charge in [0.05, 0.1) is 13.2 Å². The van der Waals surface area contributed by atoms with Crippen molar-refractivity contribution in [1.29, 1.82) is 0 Å². The Labute approximate surface area is 179 Å². The fourth-order valence-electron chi connectivity index (χ4n) is 2.93. The second-order valence-corrected chi connectivity index (χ2v) is 7.32. The molecule has 0 saturated carbocycles. The van der Waals surface area contributed by atoms with E-state index in [1.54, 1.807) is 36.2 Å². The van der Waals surface area contributed by atoms with E-state index < -0.39 is 0 Å². The number of hydrogen-bond acceptors (Lipinski definition) is 4. The van der Waals surface area contributed by atoms with Crippen molar-refractivity contribution >= 4 is 28.9 Å². The first-order valence-electron chi connectivity index (χ1n) is 10.6. The van der Waals surface area contributed by atoms with Crippen molar-refractivity contribution in [1.82, 2.24) is 0 Å². The molecule has 2 aromatic rings. The standard InChI is InChI=1S/C24H33N3O3/c1-4-5-6-7-8-16-30-23-11-9-10-21(17-23)25-18-24(29)26-20-12-14-22(15-13-20)27(3)19(2)28/h9-15,17,25H,4-8,16,18H2,1-3H3,(H,26,29). The molecule has 0 bridgehead atoms. The molecule has 2 N–H and O–H groups in total. The molecule has 0 unspecified atom stereocenters. The van der Waals surface area contributed by atoms with Crippen LogP contribution in [0.25, 0.3) is 0 Å². The van der Waals surface area contributed by atoms with Gasteiger partial charge >= 0.3 is 0 Å². The third-order valence-corrected chi connectivity index (χ3v) is 4.81. The van der Waals surface area contributed by atoms with Crippen molar-refractivity contribution in [2.45, 2.75) is 46.0 Å². The Morgan fingerprint density at radius 1 is 0.967 bits per heavy atom. The van der Waals surface area contributed by atoms with E-state index in [0.29, 0.717) is 12.3 Å². The number of nitrogens with zero attached hydrogens (tertiary/aromatic N) is 1. The van der Waals surface area contributed by atoms with Crippen molar-refractivity contribution < 1.29 is 14.3 Å². The number of anilines is 3. The summed E-state index contributed by atoms with van der Waals surface area (Å²) in [7, 11) is 1.71. The maximum Gasteiger partial charge on any atom is 0.243 e. The molecule has 0 spiro atoms. The summed E-state index contributed by atoms with van der Waals surface area (Å²) in [6, 6.07) is 14.8. The first-order valence-corrected chi connectivity index (χ1v) is 10.6. The molecule has 2 amide bonds. The van der Waals surface area contributed by atoms with Crippen LogP contribution in [-0.4, -0.2) is 32.0 Å². The summed E-state index contributed by atoms with van der Waals surface area (Å²) in [5.74, 6) is 0.615. The molecule has 2 rings (SSSR count). The van der Waals surface area contributed by atoms with Crippen LogP contribution in [0.4, 0.5) is 17.1 Å². The molecule has 0 aliphatic heterocycles. The molecule has 0 heterocycles. The quantitative estimate of drug-likeness (QED) is 0.479. The Morgan fingerprint density at radius 3 is 2.40 bits per heavy atom. The number of nitrogens with one attached hydrogen (secondary N) is 2. The molecule has 162 valence electrons. The zero-order chi connectivity index (χ0) is 21.8. The van der Waals surface area contributed by atoms with E-state index in [0.717, 1.165) is 23.5 Å². The van der Waals surface area contributed by atoms with Gasteiger partial charge in [-0.2, -0.15) is 0 Å². The summed E-state index contributed by atoms with van der Waals surface area (Å²) in [5.41, 5.74) is 2.30. The van der Waals surface area contributed by atoms with Gasteiger partial charge in [-0.25, -0.2) is 0 Å². The molecule has 6 nitrogen and oxygen atoms in total. The molecule has 2 aromatic carbocycles. The average molecular weight is 412 g/mol. The van der Waals surface area contributed by atoms with Gasteiger partial charge in [-0.15, -0.1) is 0 Å². The van der Waals surface area contributed by atoms with Crippen molar-refractivity contribution in [3.63, 3.8) is 0 Å². The van der Waals surface area contributed by atoms with Crippen LogP contribution in [0.3, 0.4) is 0 Å². The smallest absolute Gasteiger partial charge is 0.243 e. The summed E-state index contributed by atoms with van der Waals surface area (Å²) < 4.78 is 5.81. The summed E-state index contributed by atoms with van der Waals surface area (Å²) in [6.45, 7) is 4.58. The van der Waals surface area contributed by atoms with Gasteiger partial charge in [0, 0.05) is 37.1 Å². The molecule has 0 aliphatic rings. The van der Waals surface area contributed by atoms with Crippen LogP contribution in [0.1, 0.15) is 46.0 Å². The number of hydrogen-bond donors (Lipinski definition) is 2. The van der Waals surface area contributed by atoms with Crippen LogP contribution in [0, 0.1) is 0 Å². The van der Waals surface area contributed by atoms with Crippen LogP contribution in [0.2, 0.25) is 0 Å². The fourth-order valence-corrected chi connectivity index (χ4v) is 2.93. The minimum absolute atomic E-state index is 0.0429. The van der Waals surface area contributed by atoms with Crippen LogP contribution in [0.15, 0.2) is 48.5 Å². The number of rotatable bonds is 12. The third-order valence-electron chi connectivity index (χ3n) is 4.81. The van der Waals surface area contributed by atoms with Crippen LogP contribution in [-0.2, 0) is 9.59 Å². The molecule has 6 heteroatoms. The summed E-state index contributed by atoms with van der Waals surface area (Å²) >= 11 is 0. The Balaban J connectivity index is 1.76.